The Morgan fingerprint density at radius 2 is 2.00 bits per heavy atom. The highest BCUT2D eigenvalue weighted by molar-refractivity contribution is 7.99. The minimum absolute atomic E-state index is 0.171. The van der Waals surface area contributed by atoms with Crippen molar-refractivity contribution in [3.05, 3.63) is 60.1 Å². The van der Waals surface area contributed by atoms with Gasteiger partial charge in [-0.3, -0.25) is 4.79 Å². The van der Waals surface area contributed by atoms with Gasteiger partial charge in [-0.05, 0) is 24.6 Å². The molecule has 24 heavy (non-hydrogen) atoms. The summed E-state index contributed by atoms with van der Waals surface area (Å²) in [6.45, 7) is 3.29. The van der Waals surface area contributed by atoms with Crippen LogP contribution >= 0.6 is 11.8 Å². The van der Waals surface area contributed by atoms with E-state index in [-0.39, 0.29) is 23.4 Å². The van der Waals surface area contributed by atoms with Crippen LogP contribution in [0.15, 0.2) is 53.1 Å². The first-order chi connectivity index (χ1) is 11.6. The molecule has 0 N–H and O–H groups in total. The van der Waals surface area contributed by atoms with Crippen LogP contribution in [0.25, 0.3) is 0 Å². The van der Waals surface area contributed by atoms with E-state index in [0.29, 0.717) is 11.5 Å². The Bertz CT molecular complexity index is 701. The number of hydrogen-bond acceptors (Lipinski definition) is 5. The van der Waals surface area contributed by atoms with Crippen LogP contribution in [-0.2, 0) is 14.3 Å². The maximum Gasteiger partial charge on any atom is 0.330 e. The second-order valence-electron chi connectivity index (χ2n) is 5.63. The summed E-state index contributed by atoms with van der Waals surface area (Å²) < 4.78 is 11.0. The number of hydrogen-bond donors (Lipinski definition) is 0. The number of thioether (sulfide) groups is 1. The van der Waals surface area contributed by atoms with Crippen molar-refractivity contribution in [1.82, 2.24) is 4.90 Å². The Morgan fingerprint density at radius 1 is 1.25 bits per heavy atom. The number of benzene rings is 1. The van der Waals surface area contributed by atoms with Gasteiger partial charge in [0.1, 0.15) is 23.3 Å². The molecule has 5 nitrogen and oxygen atoms in total. The summed E-state index contributed by atoms with van der Waals surface area (Å²) in [5.74, 6) is 0.603. The lowest BCUT2D eigenvalue weighted by Crippen LogP contribution is -2.42. The van der Waals surface area contributed by atoms with Crippen molar-refractivity contribution in [2.45, 2.75) is 31.4 Å². The highest BCUT2D eigenvalue weighted by Gasteiger charge is 2.43. The summed E-state index contributed by atoms with van der Waals surface area (Å²) in [6.07, 6.45) is 1.21. The van der Waals surface area contributed by atoms with Gasteiger partial charge in [0.15, 0.2) is 0 Å². The van der Waals surface area contributed by atoms with Crippen molar-refractivity contribution >= 4 is 23.6 Å². The molecule has 3 rings (SSSR count). The smallest absolute Gasteiger partial charge is 0.330 e. The maximum atomic E-state index is 12.6. The van der Waals surface area contributed by atoms with Crippen molar-refractivity contribution in [3.8, 4) is 0 Å². The molecular weight excluding hydrogens is 326 g/mol. The third-order valence-electron chi connectivity index (χ3n) is 3.98. The van der Waals surface area contributed by atoms with Crippen LogP contribution in [0.1, 0.15) is 36.6 Å². The molecule has 1 amide bonds. The Morgan fingerprint density at radius 3 is 2.62 bits per heavy atom. The molecule has 0 aliphatic carbocycles. The van der Waals surface area contributed by atoms with Crippen molar-refractivity contribution in [1.29, 1.82) is 0 Å². The van der Waals surface area contributed by atoms with Crippen LogP contribution in [0.2, 0.25) is 0 Å². The van der Waals surface area contributed by atoms with E-state index in [2.05, 4.69) is 0 Å². The largest absolute Gasteiger partial charge is 0.466 e. The minimum Gasteiger partial charge on any atom is -0.466 e. The van der Waals surface area contributed by atoms with Crippen molar-refractivity contribution in [2.24, 2.45) is 0 Å². The molecule has 0 unspecified atom stereocenters. The summed E-state index contributed by atoms with van der Waals surface area (Å²) in [5, 5.41) is -0.290. The van der Waals surface area contributed by atoms with Gasteiger partial charge in [-0.1, -0.05) is 30.3 Å². The quantitative estimate of drug-likeness (QED) is 0.793. The Labute approximate surface area is 145 Å². The molecule has 1 aliphatic rings. The van der Waals surface area contributed by atoms with Crippen LogP contribution in [0.4, 0.5) is 0 Å². The van der Waals surface area contributed by atoms with E-state index >= 15 is 0 Å². The molecular formula is C18H19NO4S. The number of furan rings is 1. The fourth-order valence-electron chi connectivity index (χ4n) is 2.77. The van der Waals surface area contributed by atoms with Crippen molar-refractivity contribution in [3.63, 3.8) is 0 Å². The van der Waals surface area contributed by atoms with Crippen LogP contribution in [-0.4, -0.2) is 28.6 Å². The first kappa shape index (κ1) is 16.6. The number of carbonyl (C=O) groups is 2. The number of esters is 1. The summed E-state index contributed by atoms with van der Waals surface area (Å²) in [7, 11) is 0. The highest BCUT2D eigenvalue weighted by atomic mass is 32.2. The molecule has 1 aliphatic heterocycles. The fourth-order valence-corrected chi connectivity index (χ4v) is 4.18. The van der Waals surface area contributed by atoms with Crippen molar-refractivity contribution < 1.29 is 18.7 Å². The zero-order chi connectivity index (χ0) is 17.1. The van der Waals surface area contributed by atoms with Gasteiger partial charge in [-0.2, -0.15) is 0 Å². The molecule has 3 atom stereocenters. The lowest BCUT2D eigenvalue weighted by molar-refractivity contribution is -0.158. The summed E-state index contributed by atoms with van der Waals surface area (Å²) >= 11 is 1.51. The molecule has 1 saturated heterocycles. The zero-order valence-corrected chi connectivity index (χ0v) is 14.4. The van der Waals surface area contributed by atoms with Crippen LogP contribution in [0, 0.1) is 0 Å². The standard InChI is InChI=1S/C18H19NO4S/c1-12(14-7-4-3-5-8-14)23-18(21)15-11-24-17(19(15)13(2)20)16-9-6-10-22-16/h3-10,12,15,17H,11H2,1-2H3/t12-,15-,17-/m1/s1. The molecule has 1 fully saturated rings. The summed E-state index contributed by atoms with van der Waals surface area (Å²) in [5.41, 5.74) is 0.924. The van der Waals surface area contributed by atoms with Gasteiger partial charge >= 0.3 is 5.97 Å². The predicted octanol–water partition coefficient (Wildman–Crippen LogP) is 3.55. The van der Waals surface area contributed by atoms with Gasteiger partial charge in [0, 0.05) is 12.7 Å². The SMILES string of the molecule is CC(=O)N1[C@@H](C(=O)O[C@H](C)c2ccccc2)CS[C@@H]1c1ccco1. The second-order valence-corrected chi connectivity index (χ2v) is 6.75. The number of carbonyl (C=O) groups excluding carboxylic acids is 2. The van der Waals surface area contributed by atoms with E-state index in [0.717, 1.165) is 5.56 Å². The Kier molecular flexibility index (Phi) is 4.94. The third-order valence-corrected chi connectivity index (χ3v) is 5.27. The lowest BCUT2D eigenvalue weighted by Gasteiger charge is -2.27. The average molecular weight is 345 g/mol. The first-order valence-corrected chi connectivity index (χ1v) is 8.82. The van der Waals surface area contributed by atoms with Gasteiger partial charge in [0.25, 0.3) is 0 Å². The van der Waals surface area contributed by atoms with E-state index in [9.17, 15) is 9.59 Å². The number of nitrogens with zero attached hydrogens (tertiary/aromatic N) is 1. The van der Waals surface area contributed by atoms with E-state index in [1.165, 1.54) is 18.7 Å². The molecule has 2 aromatic rings. The second kappa shape index (κ2) is 7.13. The van der Waals surface area contributed by atoms with Crippen LogP contribution in [0.3, 0.4) is 0 Å². The van der Waals surface area contributed by atoms with Crippen LogP contribution < -0.4 is 0 Å². The number of rotatable bonds is 4. The van der Waals surface area contributed by atoms with E-state index < -0.39 is 6.04 Å². The Hall–Kier alpha value is -2.21. The third kappa shape index (κ3) is 3.33. The normalized spacial score (nSPS) is 21.5. The monoisotopic (exact) mass is 345 g/mol. The van der Waals surface area contributed by atoms with Gasteiger partial charge in [0.05, 0.1) is 6.26 Å². The van der Waals surface area contributed by atoms with Gasteiger partial charge in [-0.25, -0.2) is 4.79 Å². The number of amides is 1. The van der Waals surface area contributed by atoms with Gasteiger partial charge < -0.3 is 14.1 Å². The van der Waals surface area contributed by atoms with Gasteiger partial charge in [-0.15, -0.1) is 11.8 Å². The van der Waals surface area contributed by atoms with Crippen LogP contribution in [0.5, 0.6) is 0 Å². The Balaban J connectivity index is 1.73. The molecule has 0 spiro atoms. The highest BCUT2D eigenvalue weighted by Crippen LogP contribution is 2.42. The fraction of sp³-hybridized carbons (Fsp3) is 0.333. The molecule has 0 bridgehead atoms. The summed E-state index contributed by atoms with van der Waals surface area (Å²) in [6, 6.07) is 12.5. The summed E-state index contributed by atoms with van der Waals surface area (Å²) in [4.78, 5) is 26.2. The van der Waals surface area contributed by atoms with E-state index in [1.54, 1.807) is 17.2 Å². The first-order valence-electron chi connectivity index (χ1n) is 7.77. The minimum atomic E-state index is -0.603. The van der Waals surface area contributed by atoms with E-state index in [1.807, 2.05) is 43.3 Å². The molecule has 0 saturated carbocycles. The maximum absolute atomic E-state index is 12.6. The topological polar surface area (TPSA) is 59.8 Å². The zero-order valence-electron chi connectivity index (χ0n) is 13.5. The van der Waals surface area contributed by atoms with Gasteiger partial charge in [0.2, 0.25) is 5.91 Å². The molecule has 0 radical (unpaired) electrons. The molecule has 1 aromatic heterocycles. The molecule has 126 valence electrons. The average Bonchev–Trinajstić information content (AvgIpc) is 3.24. The van der Waals surface area contributed by atoms with Crippen molar-refractivity contribution in [2.75, 3.05) is 5.75 Å². The molecule has 6 heteroatoms. The predicted molar refractivity (Wildman–Crippen MR) is 91.2 cm³/mol. The number of ether oxygens (including phenoxy) is 1. The molecule has 2 heterocycles. The van der Waals surface area contributed by atoms with E-state index in [4.69, 9.17) is 9.15 Å². The molecule has 1 aromatic carbocycles. The lowest BCUT2D eigenvalue weighted by atomic mass is 10.1.